The Morgan fingerprint density at radius 1 is 0.957 bits per heavy atom. The van der Waals surface area contributed by atoms with Crippen LogP contribution in [0.2, 0.25) is 0 Å². The van der Waals surface area contributed by atoms with Crippen LogP contribution in [-0.4, -0.2) is 102 Å². The third kappa shape index (κ3) is 7.08. The molecule has 6 rings (SSSR count). The van der Waals surface area contributed by atoms with Crippen molar-refractivity contribution in [2.75, 3.05) is 69.3 Å². The van der Waals surface area contributed by atoms with E-state index in [1.807, 2.05) is 49.6 Å². The van der Waals surface area contributed by atoms with Crippen molar-refractivity contribution < 1.29 is 14.2 Å². The van der Waals surface area contributed by atoms with Crippen LogP contribution in [-0.2, 0) is 9.47 Å². The molecule has 0 N–H and O–H groups in total. The molecular weight excluding hydrogens is 584 g/mol. The minimum atomic E-state index is -0.692. The first-order valence-electron chi connectivity index (χ1n) is 16.6. The lowest BCUT2D eigenvalue weighted by Crippen LogP contribution is -2.47. The minimum Gasteiger partial charge on any atom is -0.491 e. The highest BCUT2D eigenvalue weighted by molar-refractivity contribution is 5.60. The number of hydrogen-bond acceptors (Lipinski definition) is 10. The molecule has 3 unspecified atom stereocenters. The second-order valence-corrected chi connectivity index (χ2v) is 13.0. The second-order valence-electron chi connectivity index (χ2n) is 13.0. The Labute approximate surface area is 271 Å². The van der Waals surface area contributed by atoms with E-state index in [9.17, 15) is 4.79 Å². The molecule has 248 valence electrons. The smallest absolute Gasteiger partial charge is 0.350 e. The molecule has 0 spiro atoms. The van der Waals surface area contributed by atoms with E-state index in [0.717, 1.165) is 62.7 Å². The average Bonchev–Trinajstić information content (AvgIpc) is 3.78. The topological polar surface area (TPSA) is 92.8 Å². The van der Waals surface area contributed by atoms with Gasteiger partial charge in [0.1, 0.15) is 31.3 Å². The van der Waals surface area contributed by atoms with Crippen LogP contribution in [0, 0.1) is 5.92 Å². The molecule has 4 heterocycles. The summed E-state index contributed by atoms with van der Waals surface area (Å²) in [6.45, 7) is 14.4. The van der Waals surface area contributed by atoms with Crippen molar-refractivity contribution in [1.29, 1.82) is 0 Å². The lowest BCUT2D eigenvalue weighted by atomic mass is 10.0. The van der Waals surface area contributed by atoms with Gasteiger partial charge in [0.15, 0.2) is 5.79 Å². The van der Waals surface area contributed by atoms with Crippen molar-refractivity contribution in [2.24, 2.45) is 11.0 Å². The molecule has 0 amide bonds. The largest absolute Gasteiger partial charge is 0.491 e. The molecule has 12 nitrogen and oxygen atoms in total. The predicted molar refractivity (Wildman–Crippen MR) is 180 cm³/mol. The monoisotopic (exact) mass is 632 g/mol. The maximum atomic E-state index is 12.8. The fourth-order valence-electron chi connectivity index (χ4n) is 6.34. The van der Waals surface area contributed by atoms with Gasteiger partial charge in [-0.15, -0.1) is 0 Å². The minimum absolute atomic E-state index is 0.0775. The summed E-state index contributed by atoms with van der Waals surface area (Å²) in [5.74, 6) is 0.558. The molecule has 46 heavy (non-hydrogen) atoms. The summed E-state index contributed by atoms with van der Waals surface area (Å²) in [4.78, 5) is 17.6. The molecule has 2 fully saturated rings. The maximum Gasteiger partial charge on any atom is 0.350 e. The van der Waals surface area contributed by atoms with Crippen LogP contribution in [0.15, 0.2) is 64.8 Å². The van der Waals surface area contributed by atoms with Gasteiger partial charge in [-0.2, -0.15) is 10.2 Å². The Kier molecular flexibility index (Phi) is 9.67. The Morgan fingerprint density at radius 3 is 2.17 bits per heavy atom. The Hall–Kier alpha value is -3.87. The van der Waals surface area contributed by atoms with Gasteiger partial charge in [-0.1, -0.05) is 20.8 Å². The lowest BCUT2D eigenvalue weighted by molar-refractivity contribution is -0.209. The highest BCUT2D eigenvalue weighted by atomic mass is 16.8. The number of rotatable bonds is 12. The van der Waals surface area contributed by atoms with Crippen LogP contribution in [0.4, 0.5) is 11.4 Å². The van der Waals surface area contributed by atoms with E-state index in [2.05, 4.69) is 70.0 Å². The Morgan fingerprint density at radius 2 is 1.59 bits per heavy atom. The standard InChI is InChI=1S/C34H48N8O4/c1-6-27(4)42-33(43)40(25-36-42)30-9-7-28(8-10-30)38-17-19-39(20-18-38)29-11-13-31(14-12-29)44-22-32-23-45-34(46-32,21-26(2)3)24-41-35-15-16-37(41)5/h7-15,25-27,32H,6,16-24H2,1-5H3. The Balaban J connectivity index is 0.982. The summed E-state index contributed by atoms with van der Waals surface area (Å²) in [5, 5.41) is 12.8. The highest BCUT2D eigenvalue weighted by Crippen LogP contribution is 2.33. The van der Waals surface area contributed by atoms with Crippen LogP contribution in [0.25, 0.3) is 5.69 Å². The first kappa shape index (κ1) is 32.1. The quantitative estimate of drug-likeness (QED) is 0.294. The highest BCUT2D eigenvalue weighted by Gasteiger charge is 2.44. The summed E-state index contributed by atoms with van der Waals surface area (Å²) in [7, 11) is 2.02. The van der Waals surface area contributed by atoms with Gasteiger partial charge in [-0.05, 0) is 67.8 Å². The van der Waals surface area contributed by atoms with Gasteiger partial charge in [0, 0.05) is 57.2 Å². The second kappa shape index (κ2) is 13.9. The zero-order valence-corrected chi connectivity index (χ0v) is 27.8. The molecule has 3 atom stereocenters. The van der Waals surface area contributed by atoms with E-state index in [-0.39, 0.29) is 17.8 Å². The van der Waals surface area contributed by atoms with E-state index in [4.69, 9.17) is 14.2 Å². The summed E-state index contributed by atoms with van der Waals surface area (Å²) >= 11 is 0. The summed E-state index contributed by atoms with van der Waals surface area (Å²) in [6, 6.07) is 16.6. The maximum absolute atomic E-state index is 12.8. The van der Waals surface area contributed by atoms with Crippen LogP contribution in [0.1, 0.15) is 46.6 Å². The SMILES string of the molecule is CCC(C)n1ncn(-c2ccc(N3CCN(c4ccc(OCC5COC(CC(C)C)(CN6N=CCN6C)O5)cc4)CC3)cc2)c1=O. The van der Waals surface area contributed by atoms with Gasteiger partial charge in [0.05, 0.1) is 24.9 Å². The van der Waals surface area contributed by atoms with E-state index in [1.54, 1.807) is 15.6 Å². The van der Waals surface area contributed by atoms with Crippen LogP contribution in [0.5, 0.6) is 5.75 Å². The normalized spacial score (nSPS) is 22.7. The first-order chi connectivity index (χ1) is 22.2. The van der Waals surface area contributed by atoms with Gasteiger partial charge in [0.2, 0.25) is 0 Å². The molecular formula is C34H48N8O4. The van der Waals surface area contributed by atoms with Crippen molar-refractivity contribution in [2.45, 2.75) is 58.5 Å². The molecule has 12 heteroatoms. The van der Waals surface area contributed by atoms with Gasteiger partial charge < -0.3 is 24.0 Å². The zero-order chi connectivity index (χ0) is 32.3. The average molecular weight is 633 g/mol. The molecule has 0 aliphatic carbocycles. The van der Waals surface area contributed by atoms with Gasteiger partial charge in [-0.3, -0.25) is 0 Å². The molecule has 0 radical (unpaired) electrons. The van der Waals surface area contributed by atoms with E-state index in [0.29, 0.717) is 25.7 Å². The molecule has 3 aromatic rings. The van der Waals surface area contributed by atoms with Gasteiger partial charge in [0.25, 0.3) is 0 Å². The number of anilines is 2. The lowest BCUT2D eigenvalue weighted by Gasteiger charge is -2.37. The fourth-order valence-corrected chi connectivity index (χ4v) is 6.34. The number of ether oxygens (including phenoxy) is 3. The number of nitrogens with zero attached hydrogens (tertiary/aromatic N) is 8. The first-order valence-corrected chi connectivity index (χ1v) is 16.6. The third-order valence-corrected chi connectivity index (χ3v) is 9.08. The summed E-state index contributed by atoms with van der Waals surface area (Å²) < 4.78 is 22.1. The summed E-state index contributed by atoms with van der Waals surface area (Å²) in [5.41, 5.74) is 3.07. The van der Waals surface area contributed by atoms with Crippen molar-refractivity contribution >= 4 is 17.6 Å². The number of hydrazine groups is 1. The zero-order valence-electron chi connectivity index (χ0n) is 27.8. The molecule has 3 aliphatic rings. The number of benzene rings is 2. The molecule has 0 bridgehead atoms. The molecule has 1 aromatic heterocycles. The molecule has 2 saturated heterocycles. The number of hydrogen-bond donors (Lipinski definition) is 0. The van der Waals surface area contributed by atoms with Crippen LogP contribution in [0.3, 0.4) is 0 Å². The van der Waals surface area contributed by atoms with E-state index < -0.39 is 5.79 Å². The molecule has 3 aliphatic heterocycles. The van der Waals surface area contributed by atoms with Gasteiger partial charge >= 0.3 is 5.69 Å². The Bertz CT molecular complexity index is 1510. The fraction of sp³-hybridized carbons (Fsp3) is 0.559. The van der Waals surface area contributed by atoms with Crippen LogP contribution < -0.4 is 20.2 Å². The number of piperazine rings is 1. The summed E-state index contributed by atoms with van der Waals surface area (Å²) in [6.07, 6.45) is 5.03. The van der Waals surface area contributed by atoms with Crippen molar-refractivity contribution in [3.05, 3.63) is 65.3 Å². The number of hydrazone groups is 1. The van der Waals surface area contributed by atoms with Crippen molar-refractivity contribution in [3.63, 3.8) is 0 Å². The van der Waals surface area contributed by atoms with Gasteiger partial charge in [-0.25, -0.2) is 24.2 Å². The predicted octanol–water partition coefficient (Wildman–Crippen LogP) is 4.02. The van der Waals surface area contributed by atoms with Crippen molar-refractivity contribution in [1.82, 2.24) is 24.5 Å². The van der Waals surface area contributed by atoms with E-state index in [1.165, 1.54) is 5.69 Å². The third-order valence-electron chi connectivity index (χ3n) is 9.08. The molecule has 0 saturated carbocycles. The van der Waals surface area contributed by atoms with Crippen LogP contribution >= 0.6 is 0 Å². The molecule has 2 aromatic carbocycles. The number of aromatic nitrogens is 3. The van der Waals surface area contributed by atoms with Crippen molar-refractivity contribution in [3.8, 4) is 11.4 Å². The van der Waals surface area contributed by atoms with E-state index >= 15 is 0 Å².